The zero-order chi connectivity index (χ0) is 19.0. The van der Waals surface area contributed by atoms with Crippen LogP contribution < -0.4 is 10.9 Å². The van der Waals surface area contributed by atoms with Crippen LogP contribution in [-0.2, 0) is 21.4 Å². The molecular weight excluding hydrogens is 386 g/mol. The van der Waals surface area contributed by atoms with Crippen molar-refractivity contribution in [3.63, 3.8) is 0 Å². The predicted octanol–water partition coefficient (Wildman–Crippen LogP) is -1.66. The van der Waals surface area contributed by atoms with E-state index in [4.69, 9.17) is 0 Å². The van der Waals surface area contributed by atoms with Crippen molar-refractivity contribution in [3.05, 3.63) is 21.6 Å². The minimum atomic E-state index is -1.24. The minimum absolute atomic E-state index is 0.119. The highest BCUT2D eigenvalue weighted by Crippen LogP contribution is 2.41. The Morgan fingerprint density at radius 3 is 2.85 bits per heavy atom. The smallest absolute Gasteiger partial charge is 0.352 e. The van der Waals surface area contributed by atoms with Crippen LogP contribution in [0.2, 0.25) is 0 Å². The van der Waals surface area contributed by atoms with Crippen LogP contribution in [0.4, 0.5) is 0 Å². The molecule has 1 unspecified atom stereocenters. The van der Waals surface area contributed by atoms with Gasteiger partial charge in [-0.15, -0.1) is 22.0 Å². The Bertz CT molecular complexity index is 884. The molecule has 3 heterocycles. The van der Waals surface area contributed by atoms with Gasteiger partial charge < -0.3 is 15.5 Å². The zero-order valence-corrected chi connectivity index (χ0v) is 14.9. The summed E-state index contributed by atoms with van der Waals surface area (Å²) in [4.78, 5) is 47.2. The van der Waals surface area contributed by atoms with E-state index in [2.05, 4.69) is 15.5 Å². The number of carbonyl (C=O) groups is 3. The van der Waals surface area contributed by atoms with Crippen molar-refractivity contribution in [3.8, 4) is 5.88 Å². The van der Waals surface area contributed by atoms with E-state index in [1.54, 1.807) is 0 Å². The summed E-state index contributed by atoms with van der Waals surface area (Å²) >= 11 is 2.41. The van der Waals surface area contributed by atoms with Gasteiger partial charge in [-0.2, -0.15) is 0 Å². The van der Waals surface area contributed by atoms with E-state index in [0.717, 1.165) is 21.2 Å². The highest BCUT2D eigenvalue weighted by molar-refractivity contribution is 8.01. The van der Waals surface area contributed by atoms with E-state index in [1.807, 2.05) is 0 Å². The van der Waals surface area contributed by atoms with Crippen LogP contribution in [0.5, 0.6) is 5.88 Å². The van der Waals surface area contributed by atoms with Gasteiger partial charge in [-0.05, 0) is 5.57 Å². The Labute approximate surface area is 154 Å². The third-order valence-corrected chi connectivity index (χ3v) is 6.33. The van der Waals surface area contributed by atoms with E-state index >= 15 is 0 Å². The number of hydrogen-bond donors (Lipinski definition) is 3. The molecule has 3 N–H and O–H groups in total. The Balaban J connectivity index is 1.84. The van der Waals surface area contributed by atoms with Crippen molar-refractivity contribution >= 4 is 41.8 Å². The summed E-state index contributed by atoms with van der Waals surface area (Å²) in [6.45, 7) is 0. The molecule has 1 fully saturated rings. The van der Waals surface area contributed by atoms with E-state index < -0.39 is 34.7 Å². The molecule has 1 saturated heterocycles. The molecule has 0 aromatic carbocycles. The number of thioether (sulfide) groups is 2. The maximum atomic E-state index is 12.1. The summed E-state index contributed by atoms with van der Waals surface area (Å²) in [6, 6.07) is -0.732. The Morgan fingerprint density at radius 2 is 2.19 bits per heavy atom. The summed E-state index contributed by atoms with van der Waals surface area (Å²) in [5, 5.41) is 28.0. The third kappa shape index (κ3) is 2.92. The van der Waals surface area contributed by atoms with Crippen LogP contribution in [0.3, 0.4) is 0 Å². The number of nitrogens with one attached hydrogen (secondary N) is 1. The van der Waals surface area contributed by atoms with Gasteiger partial charge in [0.05, 0.1) is 0 Å². The van der Waals surface area contributed by atoms with Gasteiger partial charge in [-0.1, -0.05) is 11.8 Å². The van der Waals surface area contributed by atoms with Gasteiger partial charge in [0.25, 0.3) is 11.8 Å². The molecule has 0 spiro atoms. The zero-order valence-electron chi connectivity index (χ0n) is 13.3. The standard InChI is InChI=1S/C13H13N5O6S2/c1-17-10(22)8(20)15-16-13(17)26-3-5-2-25-11-6(14-4-19)9(21)18(11)7(5)12(23)24/h4,6,11H,2-3H2,1H3,(H,14,19)(H,15,20)(H,23,24)/t6?,11-/m1/s1. The quantitative estimate of drug-likeness (QED) is 0.288. The maximum Gasteiger partial charge on any atom is 0.352 e. The molecule has 0 radical (unpaired) electrons. The van der Waals surface area contributed by atoms with Crippen LogP contribution in [-0.4, -0.2) is 71.1 Å². The van der Waals surface area contributed by atoms with Gasteiger partial charge in [0.1, 0.15) is 17.1 Å². The second-order valence-corrected chi connectivity index (χ2v) is 7.44. The molecular formula is C13H13N5O6S2. The Kier molecular flexibility index (Phi) is 4.91. The number of amides is 2. The summed E-state index contributed by atoms with van der Waals surface area (Å²) in [5.41, 5.74) is -0.343. The average Bonchev–Trinajstić information content (AvgIpc) is 2.62. The molecule has 11 nitrogen and oxygen atoms in total. The van der Waals surface area contributed by atoms with Gasteiger partial charge in [-0.3, -0.25) is 23.9 Å². The van der Waals surface area contributed by atoms with Crippen LogP contribution in [0.15, 0.2) is 21.2 Å². The average molecular weight is 399 g/mol. The molecule has 2 aliphatic rings. The number of β-lactam (4-membered cyclic amide) rings is 1. The number of rotatable bonds is 6. The molecule has 26 heavy (non-hydrogen) atoms. The summed E-state index contributed by atoms with van der Waals surface area (Å²) in [6.07, 6.45) is 0.417. The number of carbonyl (C=O) groups excluding carboxylic acids is 2. The first-order valence-corrected chi connectivity index (χ1v) is 9.25. The van der Waals surface area contributed by atoms with Crippen molar-refractivity contribution in [2.45, 2.75) is 16.6 Å². The van der Waals surface area contributed by atoms with Gasteiger partial charge in [-0.25, -0.2) is 4.79 Å². The molecule has 2 aliphatic heterocycles. The number of hydrogen-bond acceptors (Lipinski definition) is 9. The summed E-state index contributed by atoms with van der Waals surface area (Å²) in [7, 11) is 1.41. The number of carboxylic acid groups (broad SMARTS) is 1. The van der Waals surface area contributed by atoms with Crippen LogP contribution in [0, 0.1) is 0 Å². The topological polar surface area (TPSA) is 155 Å². The van der Waals surface area contributed by atoms with Crippen molar-refractivity contribution in [2.75, 3.05) is 11.5 Å². The Hall–Kier alpha value is -2.54. The number of aromatic hydroxyl groups is 1. The van der Waals surface area contributed by atoms with Gasteiger partial charge in [0.2, 0.25) is 6.41 Å². The first-order chi connectivity index (χ1) is 12.4. The molecule has 3 rings (SSSR count). The monoisotopic (exact) mass is 399 g/mol. The van der Waals surface area contributed by atoms with E-state index in [0.29, 0.717) is 17.7 Å². The van der Waals surface area contributed by atoms with Gasteiger partial charge in [0.15, 0.2) is 5.16 Å². The fraction of sp³-hybridized carbons (Fsp3) is 0.385. The van der Waals surface area contributed by atoms with E-state index in [1.165, 1.54) is 18.8 Å². The molecule has 2 amide bonds. The van der Waals surface area contributed by atoms with Gasteiger partial charge in [0, 0.05) is 18.6 Å². The van der Waals surface area contributed by atoms with Crippen molar-refractivity contribution in [2.24, 2.45) is 7.05 Å². The van der Waals surface area contributed by atoms with Crippen molar-refractivity contribution in [1.82, 2.24) is 25.0 Å². The number of carboxylic acids is 1. The minimum Gasteiger partial charge on any atom is -0.488 e. The first kappa shape index (κ1) is 18.3. The van der Waals surface area contributed by atoms with Crippen LogP contribution in [0.1, 0.15) is 0 Å². The molecule has 0 aliphatic carbocycles. The fourth-order valence-electron chi connectivity index (χ4n) is 2.60. The molecule has 138 valence electrons. The lowest BCUT2D eigenvalue weighted by molar-refractivity contribution is -0.149. The second-order valence-electron chi connectivity index (χ2n) is 5.39. The Morgan fingerprint density at radius 1 is 1.46 bits per heavy atom. The molecule has 13 heteroatoms. The fourth-order valence-corrected chi connectivity index (χ4v) is 5.01. The molecule has 0 saturated carbocycles. The summed E-state index contributed by atoms with van der Waals surface area (Å²) < 4.78 is 1.10. The number of aliphatic carboxylic acids is 1. The SMILES string of the molecule is Cn1c(SCC2=C(C(=O)O)N3C(=O)C(NC=O)[C@H]3SC2)nnc(O)c1=O. The number of nitrogens with zero attached hydrogens (tertiary/aromatic N) is 4. The lowest BCUT2D eigenvalue weighted by atomic mass is 10.0. The van der Waals surface area contributed by atoms with Crippen LogP contribution in [0.25, 0.3) is 0 Å². The second kappa shape index (κ2) is 6.99. The highest BCUT2D eigenvalue weighted by Gasteiger charge is 2.53. The summed E-state index contributed by atoms with van der Waals surface area (Å²) in [5.74, 6) is -1.93. The molecule has 2 atom stereocenters. The lowest BCUT2D eigenvalue weighted by Crippen LogP contribution is -2.69. The molecule has 0 bridgehead atoms. The largest absolute Gasteiger partial charge is 0.488 e. The van der Waals surface area contributed by atoms with Gasteiger partial charge >= 0.3 is 11.5 Å². The van der Waals surface area contributed by atoms with Crippen LogP contribution >= 0.6 is 23.5 Å². The van der Waals surface area contributed by atoms with E-state index in [-0.39, 0.29) is 16.6 Å². The van der Waals surface area contributed by atoms with Crippen molar-refractivity contribution in [1.29, 1.82) is 0 Å². The normalized spacial score (nSPS) is 21.9. The molecule has 1 aromatic rings. The third-order valence-electron chi connectivity index (χ3n) is 3.89. The van der Waals surface area contributed by atoms with Crippen molar-refractivity contribution < 1.29 is 24.6 Å². The maximum absolute atomic E-state index is 12.1. The molecule has 1 aromatic heterocycles. The lowest BCUT2D eigenvalue weighted by Gasteiger charge is -2.49. The predicted molar refractivity (Wildman–Crippen MR) is 90.4 cm³/mol. The highest BCUT2D eigenvalue weighted by atomic mass is 32.2. The van der Waals surface area contributed by atoms with E-state index in [9.17, 15) is 29.4 Å². The number of fused-ring (bicyclic) bond motifs is 1. The number of aromatic nitrogens is 3. The first-order valence-electron chi connectivity index (χ1n) is 7.22.